The number of H-pyrrole nitrogens is 1. The van der Waals surface area contributed by atoms with E-state index >= 15 is 0 Å². The maximum absolute atomic E-state index is 13.0. The van der Waals surface area contributed by atoms with Crippen LogP contribution in [0.25, 0.3) is 33.5 Å². The summed E-state index contributed by atoms with van der Waals surface area (Å²) in [5.74, 6) is -0.0217. The molecule has 1 unspecified atom stereocenters. The Morgan fingerprint density at radius 1 is 1.06 bits per heavy atom. The molecule has 0 bridgehead atoms. The van der Waals surface area contributed by atoms with Crippen LogP contribution in [0.2, 0.25) is 0 Å². The Kier molecular flexibility index (Phi) is 4.41. The molecule has 6 rings (SSSR count). The Hall–Kier alpha value is -4.27. The van der Waals surface area contributed by atoms with Crippen LogP contribution in [0.1, 0.15) is 34.6 Å². The number of imidazole rings is 2. The first kappa shape index (κ1) is 20.3. The van der Waals surface area contributed by atoms with Gasteiger partial charge in [-0.25, -0.2) is 9.97 Å². The standard InChI is InChI=1S/C25H22N6O3/c1-13-27-18-6-4-15(10-19(18)28-13)23-22(26-12-30(23)2)14-3-5-17-16(9-14)11-31(25(17)34)20-7-8-21(32)29-24(20)33/h3-6,9-10,12,20H,7-8,11H2,1-2H3,(H,27,28)(H,29,32,33). The normalized spacial score (nSPS) is 18.0. The van der Waals surface area contributed by atoms with Gasteiger partial charge in [-0.2, -0.15) is 0 Å². The molecule has 0 saturated carbocycles. The molecule has 4 aromatic rings. The van der Waals surface area contributed by atoms with E-state index in [2.05, 4.69) is 26.3 Å². The monoisotopic (exact) mass is 454 g/mol. The fraction of sp³-hybridized carbons (Fsp3) is 0.240. The fourth-order valence-electron chi connectivity index (χ4n) is 4.99. The van der Waals surface area contributed by atoms with Crippen molar-refractivity contribution < 1.29 is 14.4 Å². The summed E-state index contributed by atoms with van der Waals surface area (Å²) in [5, 5.41) is 2.34. The molecular weight excluding hydrogens is 432 g/mol. The molecule has 0 spiro atoms. The summed E-state index contributed by atoms with van der Waals surface area (Å²) in [5.41, 5.74) is 6.98. The van der Waals surface area contributed by atoms with Crippen molar-refractivity contribution in [3.63, 3.8) is 0 Å². The third-order valence-corrected chi connectivity index (χ3v) is 6.61. The minimum atomic E-state index is -0.629. The van der Waals surface area contributed by atoms with Gasteiger partial charge in [-0.15, -0.1) is 0 Å². The summed E-state index contributed by atoms with van der Waals surface area (Å²) in [4.78, 5) is 50.8. The predicted octanol–water partition coefficient (Wildman–Crippen LogP) is 2.70. The zero-order valence-corrected chi connectivity index (χ0v) is 18.8. The van der Waals surface area contributed by atoms with Crippen molar-refractivity contribution >= 4 is 28.8 Å². The second-order valence-corrected chi connectivity index (χ2v) is 8.88. The topological polar surface area (TPSA) is 113 Å². The van der Waals surface area contributed by atoms with Gasteiger partial charge in [0.15, 0.2) is 0 Å². The molecule has 34 heavy (non-hydrogen) atoms. The second-order valence-electron chi connectivity index (χ2n) is 8.88. The van der Waals surface area contributed by atoms with E-state index in [1.165, 1.54) is 0 Å². The van der Waals surface area contributed by atoms with E-state index < -0.39 is 11.9 Å². The van der Waals surface area contributed by atoms with Gasteiger partial charge in [-0.3, -0.25) is 19.7 Å². The molecule has 2 aromatic heterocycles. The fourth-order valence-corrected chi connectivity index (χ4v) is 4.99. The number of hydrogen-bond acceptors (Lipinski definition) is 5. The van der Waals surface area contributed by atoms with Crippen molar-refractivity contribution in [3.8, 4) is 22.5 Å². The second kappa shape index (κ2) is 7.38. The van der Waals surface area contributed by atoms with Gasteiger partial charge in [0, 0.05) is 36.7 Å². The van der Waals surface area contributed by atoms with E-state index in [9.17, 15) is 14.4 Å². The van der Waals surface area contributed by atoms with E-state index in [0.717, 1.165) is 44.9 Å². The third-order valence-electron chi connectivity index (χ3n) is 6.61. The molecule has 1 fully saturated rings. The van der Waals surface area contributed by atoms with E-state index in [1.807, 2.05) is 42.8 Å². The lowest BCUT2D eigenvalue weighted by atomic mass is 10.0. The van der Waals surface area contributed by atoms with Crippen molar-refractivity contribution in [3.05, 3.63) is 59.7 Å². The first-order chi connectivity index (χ1) is 16.4. The van der Waals surface area contributed by atoms with E-state index in [1.54, 1.807) is 17.3 Å². The average molecular weight is 454 g/mol. The lowest BCUT2D eigenvalue weighted by molar-refractivity contribution is -0.136. The van der Waals surface area contributed by atoms with Gasteiger partial charge in [0.1, 0.15) is 11.9 Å². The van der Waals surface area contributed by atoms with Crippen LogP contribution in [0.3, 0.4) is 0 Å². The molecule has 1 saturated heterocycles. The first-order valence-electron chi connectivity index (χ1n) is 11.1. The Labute approximate surface area is 194 Å². The van der Waals surface area contributed by atoms with Gasteiger partial charge in [-0.1, -0.05) is 12.1 Å². The molecule has 3 amide bonds. The van der Waals surface area contributed by atoms with E-state index in [0.29, 0.717) is 18.5 Å². The molecule has 9 heteroatoms. The zero-order valence-electron chi connectivity index (χ0n) is 18.8. The van der Waals surface area contributed by atoms with Crippen LogP contribution in [-0.4, -0.2) is 48.2 Å². The molecule has 170 valence electrons. The predicted molar refractivity (Wildman–Crippen MR) is 125 cm³/mol. The maximum atomic E-state index is 13.0. The molecule has 9 nitrogen and oxygen atoms in total. The molecule has 2 aromatic carbocycles. The van der Waals surface area contributed by atoms with Gasteiger partial charge in [0.25, 0.3) is 5.91 Å². The number of carbonyl (C=O) groups excluding carboxylic acids is 3. The van der Waals surface area contributed by atoms with Crippen molar-refractivity contribution in [1.29, 1.82) is 0 Å². The van der Waals surface area contributed by atoms with E-state index in [4.69, 9.17) is 0 Å². The number of imide groups is 1. The minimum Gasteiger partial charge on any atom is -0.342 e. The SMILES string of the molecule is Cc1nc2ccc(-c3c(-c4ccc5c(c4)CN(C4CCC(=O)NC4=O)C5=O)ncn3C)cc2[nH]1. The third kappa shape index (κ3) is 3.12. The Morgan fingerprint density at radius 2 is 1.88 bits per heavy atom. The van der Waals surface area contributed by atoms with Crippen LogP contribution < -0.4 is 5.32 Å². The van der Waals surface area contributed by atoms with Gasteiger partial charge in [-0.05, 0) is 43.2 Å². The van der Waals surface area contributed by atoms with Crippen molar-refractivity contribution in [2.24, 2.45) is 7.05 Å². The highest BCUT2D eigenvalue weighted by Crippen LogP contribution is 2.35. The van der Waals surface area contributed by atoms with Crippen molar-refractivity contribution in [2.45, 2.75) is 32.4 Å². The number of carbonyl (C=O) groups is 3. The van der Waals surface area contributed by atoms with Crippen LogP contribution in [0, 0.1) is 6.92 Å². The van der Waals surface area contributed by atoms with Gasteiger partial charge in [0.05, 0.1) is 28.7 Å². The summed E-state index contributed by atoms with van der Waals surface area (Å²) < 4.78 is 1.98. The van der Waals surface area contributed by atoms with Crippen LogP contribution in [-0.2, 0) is 23.2 Å². The molecule has 2 N–H and O–H groups in total. The van der Waals surface area contributed by atoms with Crippen molar-refractivity contribution in [1.82, 2.24) is 29.7 Å². The number of nitrogens with zero attached hydrogens (tertiary/aromatic N) is 4. The number of aromatic nitrogens is 4. The maximum Gasteiger partial charge on any atom is 0.255 e. The molecule has 0 radical (unpaired) electrons. The number of nitrogens with one attached hydrogen (secondary N) is 2. The molecule has 1 atom stereocenters. The molecular formula is C25H22N6O3. The number of fused-ring (bicyclic) bond motifs is 2. The number of aryl methyl sites for hydroxylation is 2. The van der Waals surface area contributed by atoms with Gasteiger partial charge >= 0.3 is 0 Å². The van der Waals surface area contributed by atoms with Crippen LogP contribution in [0.15, 0.2) is 42.7 Å². The number of piperidine rings is 1. The van der Waals surface area contributed by atoms with E-state index in [-0.39, 0.29) is 18.2 Å². The molecule has 4 heterocycles. The minimum absolute atomic E-state index is 0.183. The highest BCUT2D eigenvalue weighted by atomic mass is 16.2. The smallest absolute Gasteiger partial charge is 0.255 e. The highest BCUT2D eigenvalue weighted by Gasteiger charge is 2.39. The van der Waals surface area contributed by atoms with Gasteiger partial charge < -0.3 is 14.5 Å². The lowest BCUT2D eigenvalue weighted by Gasteiger charge is -2.29. The van der Waals surface area contributed by atoms with Crippen LogP contribution in [0.5, 0.6) is 0 Å². The number of aromatic amines is 1. The molecule has 2 aliphatic rings. The Bertz CT molecular complexity index is 1510. The van der Waals surface area contributed by atoms with Gasteiger partial charge in [0.2, 0.25) is 11.8 Å². The summed E-state index contributed by atoms with van der Waals surface area (Å²) in [6, 6.07) is 11.1. The Balaban J connectivity index is 1.36. The summed E-state index contributed by atoms with van der Waals surface area (Å²) in [6.45, 7) is 2.26. The van der Waals surface area contributed by atoms with Crippen LogP contribution in [0.4, 0.5) is 0 Å². The van der Waals surface area contributed by atoms with Crippen LogP contribution >= 0.6 is 0 Å². The first-order valence-corrected chi connectivity index (χ1v) is 11.1. The quantitative estimate of drug-likeness (QED) is 0.462. The number of hydrogen-bond donors (Lipinski definition) is 2. The number of benzene rings is 2. The Morgan fingerprint density at radius 3 is 2.71 bits per heavy atom. The zero-order chi connectivity index (χ0) is 23.6. The number of amides is 3. The lowest BCUT2D eigenvalue weighted by Crippen LogP contribution is -2.52. The average Bonchev–Trinajstić information content (AvgIpc) is 3.47. The highest BCUT2D eigenvalue weighted by molar-refractivity contribution is 6.05. The number of rotatable bonds is 3. The summed E-state index contributed by atoms with van der Waals surface area (Å²) >= 11 is 0. The largest absolute Gasteiger partial charge is 0.342 e. The molecule has 2 aliphatic heterocycles. The molecule has 0 aliphatic carbocycles. The van der Waals surface area contributed by atoms with Crippen molar-refractivity contribution in [2.75, 3.05) is 0 Å². The summed E-state index contributed by atoms with van der Waals surface area (Å²) in [7, 11) is 1.95. The summed E-state index contributed by atoms with van der Waals surface area (Å²) in [6.07, 6.45) is 2.36.